The van der Waals surface area contributed by atoms with Crippen LogP contribution < -0.4 is 0 Å². The molecule has 1 fully saturated rings. The molecule has 17 heavy (non-hydrogen) atoms. The van der Waals surface area contributed by atoms with E-state index in [0.29, 0.717) is 13.1 Å². The minimum atomic E-state index is -1.12. The SMILES string of the molecule is CC1(C)CN(C(=O)/C=C/C(=O)O)CC(C)(C)O1. The van der Waals surface area contributed by atoms with Gasteiger partial charge in [0.05, 0.1) is 11.2 Å². The molecule has 5 nitrogen and oxygen atoms in total. The van der Waals surface area contributed by atoms with Crippen LogP contribution in [0.2, 0.25) is 0 Å². The van der Waals surface area contributed by atoms with Crippen LogP contribution in [0.15, 0.2) is 12.2 Å². The van der Waals surface area contributed by atoms with Crippen LogP contribution in [-0.2, 0) is 14.3 Å². The third-order valence-corrected chi connectivity index (χ3v) is 2.38. The molecule has 5 heteroatoms. The quantitative estimate of drug-likeness (QED) is 0.734. The normalized spacial score (nSPS) is 22.7. The van der Waals surface area contributed by atoms with Crippen LogP contribution in [0.5, 0.6) is 0 Å². The first-order valence-electron chi connectivity index (χ1n) is 5.51. The highest BCUT2D eigenvalue weighted by molar-refractivity contribution is 5.94. The van der Waals surface area contributed by atoms with Gasteiger partial charge in [0.1, 0.15) is 0 Å². The van der Waals surface area contributed by atoms with Gasteiger partial charge in [-0.3, -0.25) is 4.79 Å². The van der Waals surface area contributed by atoms with E-state index in [9.17, 15) is 9.59 Å². The van der Waals surface area contributed by atoms with E-state index in [1.807, 2.05) is 27.7 Å². The van der Waals surface area contributed by atoms with Crippen molar-refractivity contribution in [1.29, 1.82) is 0 Å². The summed E-state index contributed by atoms with van der Waals surface area (Å²) >= 11 is 0. The molecular formula is C12H19NO4. The van der Waals surface area contributed by atoms with E-state index in [4.69, 9.17) is 9.84 Å². The summed E-state index contributed by atoms with van der Waals surface area (Å²) in [6.45, 7) is 8.56. The molecule has 0 saturated carbocycles. The lowest BCUT2D eigenvalue weighted by molar-refractivity contribution is -0.185. The molecule has 0 bridgehead atoms. The Hall–Kier alpha value is -1.36. The van der Waals surface area contributed by atoms with Gasteiger partial charge in [-0.1, -0.05) is 0 Å². The fourth-order valence-corrected chi connectivity index (χ4v) is 2.19. The molecule has 0 aliphatic carbocycles. The van der Waals surface area contributed by atoms with Crippen LogP contribution in [0, 0.1) is 0 Å². The molecule has 0 radical (unpaired) electrons. The predicted molar refractivity (Wildman–Crippen MR) is 62.6 cm³/mol. The number of hydrogen-bond donors (Lipinski definition) is 1. The molecule has 0 aromatic carbocycles. The Labute approximate surface area is 101 Å². The highest BCUT2D eigenvalue weighted by Crippen LogP contribution is 2.28. The molecule has 1 aliphatic rings. The van der Waals surface area contributed by atoms with Crippen molar-refractivity contribution in [3.63, 3.8) is 0 Å². The Kier molecular flexibility index (Phi) is 3.62. The molecule has 96 valence electrons. The number of carbonyl (C=O) groups excluding carboxylic acids is 1. The van der Waals surface area contributed by atoms with Crippen LogP contribution in [0.3, 0.4) is 0 Å². The number of carbonyl (C=O) groups is 2. The van der Waals surface area contributed by atoms with Gasteiger partial charge in [0, 0.05) is 25.2 Å². The summed E-state index contributed by atoms with van der Waals surface area (Å²) in [5, 5.41) is 8.48. The van der Waals surface area contributed by atoms with E-state index in [-0.39, 0.29) is 5.91 Å². The zero-order valence-corrected chi connectivity index (χ0v) is 10.7. The second-order valence-corrected chi connectivity index (χ2v) is 5.49. The second-order valence-electron chi connectivity index (χ2n) is 5.49. The van der Waals surface area contributed by atoms with Gasteiger partial charge in [-0.15, -0.1) is 0 Å². The molecule has 0 spiro atoms. The van der Waals surface area contributed by atoms with E-state index in [1.165, 1.54) is 0 Å². The van der Waals surface area contributed by atoms with Gasteiger partial charge < -0.3 is 14.7 Å². The summed E-state index contributed by atoms with van der Waals surface area (Å²) in [6.07, 6.45) is 1.94. The Morgan fingerprint density at radius 3 is 2.00 bits per heavy atom. The summed E-state index contributed by atoms with van der Waals surface area (Å²) in [7, 11) is 0. The summed E-state index contributed by atoms with van der Waals surface area (Å²) in [5.74, 6) is -1.41. The molecule has 0 aromatic heterocycles. The van der Waals surface area contributed by atoms with Gasteiger partial charge in [0.15, 0.2) is 0 Å². The lowest BCUT2D eigenvalue weighted by Crippen LogP contribution is -2.58. The number of amides is 1. The highest BCUT2D eigenvalue weighted by Gasteiger charge is 2.39. The number of carboxylic acids is 1. The Morgan fingerprint density at radius 1 is 1.12 bits per heavy atom. The number of ether oxygens (including phenoxy) is 1. The Morgan fingerprint density at radius 2 is 1.59 bits per heavy atom. The van der Waals surface area contributed by atoms with Gasteiger partial charge in [-0.2, -0.15) is 0 Å². The van der Waals surface area contributed by atoms with Crippen molar-refractivity contribution in [3.8, 4) is 0 Å². The molecule has 1 amide bonds. The van der Waals surface area contributed by atoms with Gasteiger partial charge in [-0.05, 0) is 27.7 Å². The number of nitrogens with zero attached hydrogens (tertiary/aromatic N) is 1. The molecule has 1 aliphatic heterocycles. The number of aliphatic carboxylic acids is 1. The summed E-state index contributed by atoms with van der Waals surface area (Å²) in [6, 6.07) is 0. The summed E-state index contributed by atoms with van der Waals surface area (Å²) < 4.78 is 5.83. The summed E-state index contributed by atoms with van der Waals surface area (Å²) in [4.78, 5) is 23.8. The van der Waals surface area contributed by atoms with Crippen molar-refractivity contribution in [3.05, 3.63) is 12.2 Å². The topological polar surface area (TPSA) is 66.8 Å². The van der Waals surface area contributed by atoms with Crippen molar-refractivity contribution >= 4 is 11.9 Å². The maximum absolute atomic E-state index is 11.8. The first-order chi connectivity index (χ1) is 7.61. The van der Waals surface area contributed by atoms with Crippen LogP contribution >= 0.6 is 0 Å². The summed E-state index contributed by atoms with van der Waals surface area (Å²) in [5.41, 5.74) is -0.844. The minimum Gasteiger partial charge on any atom is -0.478 e. The molecule has 0 aromatic rings. The third-order valence-electron chi connectivity index (χ3n) is 2.38. The van der Waals surface area contributed by atoms with Crippen molar-refractivity contribution in [2.75, 3.05) is 13.1 Å². The highest BCUT2D eigenvalue weighted by atomic mass is 16.5. The first kappa shape index (κ1) is 13.7. The number of rotatable bonds is 2. The minimum absolute atomic E-state index is 0.295. The van der Waals surface area contributed by atoms with Crippen molar-refractivity contribution in [1.82, 2.24) is 4.90 Å². The maximum Gasteiger partial charge on any atom is 0.328 e. The lowest BCUT2D eigenvalue weighted by Gasteiger charge is -2.46. The molecule has 1 saturated heterocycles. The standard InChI is InChI=1S/C12H19NO4/c1-11(2)7-13(8-12(3,4)17-11)9(14)5-6-10(15)16/h5-6H,7-8H2,1-4H3,(H,15,16)/b6-5+. The largest absolute Gasteiger partial charge is 0.478 e. The van der Waals surface area contributed by atoms with Gasteiger partial charge in [0.25, 0.3) is 0 Å². The fraction of sp³-hybridized carbons (Fsp3) is 0.667. The first-order valence-corrected chi connectivity index (χ1v) is 5.51. The monoisotopic (exact) mass is 241 g/mol. The van der Waals surface area contributed by atoms with Gasteiger partial charge >= 0.3 is 5.97 Å². The molecule has 1 rings (SSSR count). The Bertz CT molecular complexity index is 342. The average Bonchev–Trinajstić information content (AvgIpc) is 2.08. The van der Waals surface area contributed by atoms with Crippen LogP contribution in [-0.4, -0.2) is 46.2 Å². The smallest absolute Gasteiger partial charge is 0.328 e. The lowest BCUT2D eigenvalue weighted by atomic mass is 9.99. The van der Waals surface area contributed by atoms with E-state index in [2.05, 4.69) is 0 Å². The van der Waals surface area contributed by atoms with Crippen LogP contribution in [0.1, 0.15) is 27.7 Å². The molecular weight excluding hydrogens is 222 g/mol. The van der Waals surface area contributed by atoms with Crippen LogP contribution in [0.4, 0.5) is 0 Å². The van der Waals surface area contributed by atoms with Gasteiger partial charge in [-0.25, -0.2) is 4.79 Å². The average molecular weight is 241 g/mol. The number of carboxylic acid groups (broad SMARTS) is 1. The van der Waals surface area contributed by atoms with E-state index in [0.717, 1.165) is 12.2 Å². The van der Waals surface area contributed by atoms with Crippen molar-refractivity contribution in [2.45, 2.75) is 38.9 Å². The molecule has 0 atom stereocenters. The van der Waals surface area contributed by atoms with E-state index >= 15 is 0 Å². The molecule has 1 heterocycles. The Balaban J connectivity index is 2.77. The third kappa shape index (κ3) is 4.19. The fourth-order valence-electron chi connectivity index (χ4n) is 2.19. The number of hydrogen-bond acceptors (Lipinski definition) is 3. The number of morpholine rings is 1. The van der Waals surface area contributed by atoms with E-state index in [1.54, 1.807) is 4.90 Å². The maximum atomic E-state index is 11.8. The van der Waals surface area contributed by atoms with Gasteiger partial charge in [0.2, 0.25) is 5.91 Å². The molecule has 1 N–H and O–H groups in total. The molecule has 0 unspecified atom stereocenters. The second kappa shape index (κ2) is 4.49. The predicted octanol–water partition coefficient (Wildman–Crippen LogP) is 1.04. The van der Waals surface area contributed by atoms with Crippen LogP contribution in [0.25, 0.3) is 0 Å². The zero-order chi connectivity index (χ0) is 13.3. The van der Waals surface area contributed by atoms with E-state index < -0.39 is 17.2 Å². The zero-order valence-electron chi connectivity index (χ0n) is 10.7. The van der Waals surface area contributed by atoms with Crippen molar-refractivity contribution in [2.24, 2.45) is 0 Å². The van der Waals surface area contributed by atoms with Crippen molar-refractivity contribution < 1.29 is 19.4 Å².